The summed E-state index contributed by atoms with van der Waals surface area (Å²) in [5.41, 5.74) is 1.27. The molecule has 0 saturated carbocycles. The number of benzene rings is 1. The molecule has 1 aromatic carbocycles. The van der Waals surface area contributed by atoms with Gasteiger partial charge in [-0.25, -0.2) is 0 Å². The van der Waals surface area contributed by atoms with Crippen LogP contribution in [0.1, 0.15) is 184 Å². The van der Waals surface area contributed by atoms with Gasteiger partial charge in [0.1, 0.15) is 0 Å². The number of carboxylic acid groups (broad SMARTS) is 2. The minimum absolute atomic E-state index is 0. The van der Waals surface area contributed by atoms with Crippen molar-refractivity contribution in [2.75, 3.05) is 0 Å². The van der Waals surface area contributed by atoms with E-state index >= 15 is 0 Å². The molecule has 0 aromatic heterocycles. The van der Waals surface area contributed by atoms with Crippen LogP contribution in [0.15, 0.2) is 24.3 Å². The van der Waals surface area contributed by atoms with Gasteiger partial charge in [0.15, 0.2) is 0 Å². The summed E-state index contributed by atoms with van der Waals surface area (Å²) in [6.45, 7) is 15.6. The van der Waals surface area contributed by atoms with Crippen LogP contribution in [0.4, 0.5) is 0 Å². The summed E-state index contributed by atoms with van der Waals surface area (Å²) in [6.07, 6.45) is 28.8. The van der Waals surface area contributed by atoms with Crippen molar-refractivity contribution in [3.05, 3.63) is 49.2 Å². The molecule has 4 radical (unpaired) electrons. The third-order valence-electron chi connectivity index (χ3n) is 6.73. The fourth-order valence-corrected chi connectivity index (χ4v) is 3.86. The molecule has 4 nitrogen and oxygen atoms in total. The van der Waals surface area contributed by atoms with Crippen molar-refractivity contribution in [3.63, 3.8) is 0 Å². The molecule has 0 aliphatic heterocycles. The SMILES string of the molecule is CCCCCCCCCCCCCCCCCCCCC(=O)[O-].Cc1ccc(C(=O)[O-])cc1.[CH2]CCC.[CH2]CCC.[Sn+2]. The minimum atomic E-state index is -1.12. The van der Waals surface area contributed by atoms with Crippen molar-refractivity contribution in [2.24, 2.45) is 0 Å². The molecule has 0 spiro atoms. The van der Waals surface area contributed by atoms with Crippen molar-refractivity contribution in [3.8, 4) is 0 Å². The molecule has 5 heteroatoms. The van der Waals surface area contributed by atoms with Crippen LogP contribution in [0.3, 0.4) is 0 Å². The number of hydrogen-bond acceptors (Lipinski definition) is 4. The van der Waals surface area contributed by atoms with Gasteiger partial charge in [-0.3, -0.25) is 0 Å². The van der Waals surface area contributed by atoms with Crippen LogP contribution >= 0.6 is 0 Å². The fraction of sp³-hybridized carbons (Fsp3) is 0.730. The van der Waals surface area contributed by atoms with E-state index in [4.69, 9.17) is 0 Å². The Labute approximate surface area is 279 Å². The number of unbranched alkanes of at least 4 members (excludes halogenated alkanes) is 19. The van der Waals surface area contributed by atoms with Crippen molar-refractivity contribution in [2.45, 2.75) is 175 Å². The van der Waals surface area contributed by atoms with Gasteiger partial charge in [-0.15, -0.1) is 0 Å². The van der Waals surface area contributed by atoms with Gasteiger partial charge in [-0.05, 0) is 25.3 Å². The van der Waals surface area contributed by atoms with Crippen LogP contribution in [-0.2, 0) is 4.79 Å². The third kappa shape index (κ3) is 45.9. The van der Waals surface area contributed by atoms with Crippen LogP contribution in [0.5, 0.6) is 0 Å². The number of aliphatic carboxylic acids is 1. The number of aromatic carboxylic acids is 1. The number of aryl methyl sites for hydroxylation is 1. The van der Waals surface area contributed by atoms with E-state index in [9.17, 15) is 19.8 Å². The predicted octanol–water partition coefficient (Wildman–Crippen LogP) is 9.39. The molecule has 0 amide bonds. The Bertz CT molecular complexity index is 638. The molecule has 1 aromatic rings. The summed E-state index contributed by atoms with van der Waals surface area (Å²) in [4.78, 5) is 20.5. The van der Waals surface area contributed by atoms with Crippen LogP contribution < -0.4 is 10.2 Å². The van der Waals surface area contributed by atoms with E-state index in [1.54, 1.807) is 12.1 Å². The Morgan fingerprint density at radius 2 is 0.833 bits per heavy atom. The second kappa shape index (κ2) is 42.1. The molecule has 0 N–H and O–H groups in total. The Morgan fingerprint density at radius 3 is 1.07 bits per heavy atom. The molecule has 242 valence electrons. The number of carbonyl (C=O) groups excluding carboxylic acids is 2. The van der Waals surface area contributed by atoms with E-state index in [0.717, 1.165) is 31.2 Å². The standard InChI is InChI=1S/C21H42O2.C8H8O2.2C4H9.Sn/c1-2-3-4-5-6-7-8-9-10-11-12-13-14-15-16-17-18-19-20-21(22)23;1-6-2-4-7(5-3-6)8(9)10;2*1-3-4-2;/h2-20H2,1H3,(H,22,23);2-5H,1H3,(H,9,10);2*1,3-4H2,2H3;/q;;;;+2/p-2. The summed E-state index contributed by atoms with van der Waals surface area (Å²) in [7, 11) is 0. The van der Waals surface area contributed by atoms with Gasteiger partial charge in [-0.1, -0.05) is 199 Å². The first-order valence-corrected chi connectivity index (χ1v) is 16.9. The maximum atomic E-state index is 10.3. The number of carboxylic acids is 2. The Morgan fingerprint density at radius 1 is 0.548 bits per heavy atom. The maximum Gasteiger partial charge on any atom is 2.00 e. The summed E-state index contributed by atoms with van der Waals surface area (Å²) in [6, 6.07) is 6.55. The first kappa shape index (κ1) is 47.9. The molecule has 0 aliphatic carbocycles. The van der Waals surface area contributed by atoms with Gasteiger partial charge < -0.3 is 19.8 Å². The second-order valence-corrected chi connectivity index (χ2v) is 11.0. The Hall–Kier alpha value is -1.04. The number of rotatable bonds is 22. The quantitative estimate of drug-likeness (QED) is 0.0896. The van der Waals surface area contributed by atoms with Crippen LogP contribution in [0.2, 0.25) is 0 Å². The number of carbonyl (C=O) groups is 2. The van der Waals surface area contributed by atoms with Gasteiger partial charge in [0.05, 0.1) is 5.97 Å². The molecule has 0 saturated heterocycles. The van der Waals surface area contributed by atoms with Crippen LogP contribution in [0.25, 0.3) is 0 Å². The molecule has 0 fully saturated rings. The smallest absolute Gasteiger partial charge is 0.550 e. The predicted molar refractivity (Wildman–Crippen MR) is 180 cm³/mol. The van der Waals surface area contributed by atoms with Crippen molar-refractivity contribution >= 4 is 35.8 Å². The molecular formula is C37H66O4Sn. The second-order valence-electron chi connectivity index (χ2n) is 11.0. The summed E-state index contributed by atoms with van der Waals surface area (Å²) >= 11 is 0. The zero-order valence-corrected chi connectivity index (χ0v) is 31.0. The average Bonchev–Trinajstić information content (AvgIpc) is 2.97. The zero-order chi connectivity index (χ0) is 31.4. The normalized spacial score (nSPS) is 9.67. The monoisotopic (exact) mass is 694 g/mol. The fourth-order valence-electron chi connectivity index (χ4n) is 3.86. The first-order chi connectivity index (χ1) is 19.8. The van der Waals surface area contributed by atoms with Gasteiger partial charge >= 0.3 is 23.9 Å². The maximum absolute atomic E-state index is 10.3. The van der Waals surface area contributed by atoms with Crippen LogP contribution in [0, 0.1) is 20.8 Å². The van der Waals surface area contributed by atoms with Gasteiger partial charge in [0, 0.05) is 5.97 Å². The molecule has 0 atom stereocenters. The van der Waals surface area contributed by atoms with Crippen molar-refractivity contribution in [1.29, 1.82) is 0 Å². The van der Waals surface area contributed by atoms with E-state index in [0.29, 0.717) is 0 Å². The van der Waals surface area contributed by atoms with E-state index in [2.05, 4.69) is 34.6 Å². The molecule has 42 heavy (non-hydrogen) atoms. The summed E-state index contributed by atoms with van der Waals surface area (Å²) in [5, 5.41) is 20.5. The Kier molecular flexibility index (Phi) is 48.0. The first-order valence-electron chi connectivity index (χ1n) is 16.9. The van der Waals surface area contributed by atoms with Crippen molar-refractivity contribution < 1.29 is 19.8 Å². The summed E-state index contributed by atoms with van der Waals surface area (Å²) < 4.78 is 0. The van der Waals surface area contributed by atoms with Gasteiger partial charge in [-0.2, -0.15) is 0 Å². The van der Waals surface area contributed by atoms with E-state index in [1.807, 2.05) is 6.92 Å². The molecule has 0 aliphatic rings. The molecule has 0 heterocycles. The molecule has 0 bridgehead atoms. The van der Waals surface area contributed by atoms with E-state index in [-0.39, 0.29) is 35.9 Å². The van der Waals surface area contributed by atoms with Crippen molar-refractivity contribution in [1.82, 2.24) is 0 Å². The number of hydrogen-bond donors (Lipinski definition) is 0. The molecule has 0 unspecified atom stereocenters. The van der Waals surface area contributed by atoms with Gasteiger partial charge in [0.25, 0.3) is 0 Å². The largest absolute Gasteiger partial charge is 2.00 e. The Balaban J connectivity index is -0.000000309. The van der Waals surface area contributed by atoms with E-state index < -0.39 is 11.9 Å². The molecule has 1 rings (SSSR count). The average molecular weight is 694 g/mol. The molecular weight excluding hydrogens is 627 g/mol. The van der Waals surface area contributed by atoms with Crippen LogP contribution in [-0.4, -0.2) is 35.8 Å². The van der Waals surface area contributed by atoms with Gasteiger partial charge in [0.2, 0.25) is 0 Å². The zero-order valence-electron chi connectivity index (χ0n) is 28.1. The minimum Gasteiger partial charge on any atom is -0.550 e. The third-order valence-corrected chi connectivity index (χ3v) is 6.73. The van der Waals surface area contributed by atoms with E-state index in [1.165, 1.54) is 128 Å². The summed E-state index contributed by atoms with van der Waals surface area (Å²) in [5.74, 6) is -2.03. The topological polar surface area (TPSA) is 80.3 Å².